The number of hydrogen-bond donors (Lipinski definition) is 1. The predicted octanol–water partition coefficient (Wildman–Crippen LogP) is 1.73. The van der Waals surface area contributed by atoms with E-state index in [0.717, 1.165) is 22.4 Å². The van der Waals surface area contributed by atoms with Gasteiger partial charge >= 0.3 is 0 Å². The molecule has 0 radical (unpaired) electrons. The maximum absolute atomic E-state index is 11.1. The smallest absolute Gasteiger partial charge is 0.261 e. The third-order valence-electron chi connectivity index (χ3n) is 3.18. The molecule has 5 heteroatoms. The first-order valence-corrected chi connectivity index (χ1v) is 6.27. The summed E-state index contributed by atoms with van der Waals surface area (Å²) in [6.07, 6.45) is 3.29. The van der Waals surface area contributed by atoms with Crippen LogP contribution >= 0.6 is 0 Å². The normalized spacial score (nSPS) is 17.4. The molecule has 0 saturated heterocycles. The van der Waals surface area contributed by atoms with Crippen molar-refractivity contribution in [3.8, 4) is 11.1 Å². The second-order valence-corrected chi connectivity index (χ2v) is 4.56. The number of benzene rings is 1. The second kappa shape index (κ2) is 5.13. The predicted molar refractivity (Wildman–Crippen MR) is 74.9 cm³/mol. The molecular formula is C15H13N3O2. The van der Waals surface area contributed by atoms with E-state index in [-0.39, 0.29) is 0 Å². The van der Waals surface area contributed by atoms with Gasteiger partial charge in [0.05, 0.1) is 5.71 Å². The number of nitrogens with two attached hydrogens (primary N) is 1. The summed E-state index contributed by atoms with van der Waals surface area (Å²) in [5, 5.41) is 3.94. The Morgan fingerprint density at radius 3 is 2.70 bits per heavy atom. The zero-order chi connectivity index (χ0) is 13.9. The van der Waals surface area contributed by atoms with Gasteiger partial charge in [-0.3, -0.25) is 9.78 Å². The number of carbonyl (C=O) groups is 1. The van der Waals surface area contributed by atoms with Gasteiger partial charge in [-0.25, -0.2) is 0 Å². The Hall–Kier alpha value is -2.69. The van der Waals surface area contributed by atoms with Crippen LogP contribution in [-0.4, -0.2) is 22.7 Å². The quantitative estimate of drug-likeness (QED) is 0.919. The number of primary amides is 1. The third-order valence-corrected chi connectivity index (χ3v) is 3.18. The van der Waals surface area contributed by atoms with Crippen LogP contribution in [0.4, 0.5) is 0 Å². The van der Waals surface area contributed by atoms with Crippen LogP contribution in [0.5, 0.6) is 0 Å². The summed E-state index contributed by atoms with van der Waals surface area (Å²) >= 11 is 0. The van der Waals surface area contributed by atoms with Gasteiger partial charge in [-0.2, -0.15) is 0 Å². The molecule has 0 spiro atoms. The highest BCUT2D eigenvalue weighted by Gasteiger charge is 2.26. The number of pyridine rings is 1. The van der Waals surface area contributed by atoms with E-state index >= 15 is 0 Å². The minimum absolute atomic E-state index is 0.409. The molecule has 0 fully saturated rings. The lowest BCUT2D eigenvalue weighted by Crippen LogP contribution is -2.28. The van der Waals surface area contributed by atoms with Crippen LogP contribution in [0.15, 0.2) is 53.9 Å². The van der Waals surface area contributed by atoms with Crippen molar-refractivity contribution in [3.05, 3.63) is 54.4 Å². The van der Waals surface area contributed by atoms with Crippen LogP contribution in [0.25, 0.3) is 11.1 Å². The molecule has 20 heavy (non-hydrogen) atoms. The van der Waals surface area contributed by atoms with Gasteiger partial charge < -0.3 is 10.6 Å². The molecule has 2 N–H and O–H groups in total. The highest BCUT2D eigenvalue weighted by atomic mass is 16.6. The van der Waals surface area contributed by atoms with Gasteiger partial charge in [0.2, 0.25) is 6.10 Å². The lowest BCUT2D eigenvalue weighted by Gasteiger charge is -2.04. The van der Waals surface area contributed by atoms with Crippen molar-refractivity contribution in [2.24, 2.45) is 10.9 Å². The molecule has 2 heterocycles. The van der Waals surface area contributed by atoms with Crippen LogP contribution in [0.2, 0.25) is 0 Å². The molecule has 0 bridgehead atoms. The molecule has 1 aromatic heterocycles. The van der Waals surface area contributed by atoms with Crippen molar-refractivity contribution in [1.29, 1.82) is 0 Å². The van der Waals surface area contributed by atoms with E-state index in [1.54, 1.807) is 12.4 Å². The zero-order valence-electron chi connectivity index (χ0n) is 10.7. The molecule has 1 unspecified atom stereocenters. The van der Waals surface area contributed by atoms with Crippen molar-refractivity contribution in [2.75, 3.05) is 0 Å². The summed E-state index contributed by atoms with van der Waals surface area (Å²) in [6, 6.07) is 11.8. The average molecular weight is 267 g/mol. The number of oxime groups is 1. The van der Waals surface area contributed by atoms with E-state index in [1.807, 2.05) is 36.4 Å². The Balaban J connectivity index is 1.88. The first-order chi connectivity index (χ1) is 9.74. The highest BCUT2D eigenvalue weighted by Crippen LogP contribution is 2.22. The third kappa shape index (κ3) is 2.38. The summed E-state index contributed by atoms with van der Waals surface area (Å²) in [6.45, 7) is 0. The number of amides is 1. The molecule has 2 aromatic rings. The van der Waals surface area contributed by atoms with Crippen molar-refractivity contribution in [3.63, 3.8) is 0 Å². The van der Waals surface area contributed by atoms with Crippen molar-refractivity contribution < 1.29 is 9.63 Å². The second-order valence-electron chi connectivity index (χ2n) is 4.56. The SMILES string of the molecule is NC(=O)C1CC(c2cccc(-c3cccnc3)c2)=NO1. The molecule has 100 valence electrons. The Bertz CT molecular complexity index is 668. The van der Waals surface area contributed by atoms with Crippen molar-refractivity contribution in [1.82, 2.24) is 4.98 Å². The fraction of sp³-hybridized carbons (Fsp3) is 0.133. The Morgan fingerprint density at radius 2 is 2.00 bits per heavy atom. The minimum Gasteiger partial charge on any atom is -0.382 e. The fourth-order valence-corrected chi connectivity index (χ4v) is 2.11. The summed E-state index contributed by atoms with van der Waals surface area (Å²) in [5.41, 5.74) is 8.95. The average Bonchev–Trinajstić information content (AvgIpc) is 2.98. The summed E-state index contributed by atoms with van der Waals surface area (Å²) < 4.78 is 0. The van der Waals surface area contributed by atoms with E-state index in [0.29, 0.717) is 6.42 Å². The minimum atomic E-state index is -0.660. The van der Waals surface area contributed by atoms with Crippen LogP contribution in [-0.2, 0) is 9.63 Å². The molecule has 0 saturated carbocycles. The lowest BCUT2D eigenvalue weighted by molar-refractivity contribution is -0.127. The van der Waals surface area contributed by atoms with Crippen LogP contribution in [0, 0.1) is 0 Å². The van der Waals surface area contributed by atoms with E-state index in [2.05, 4.69) is 10.1 Å². The van der Waals surface area contributed by atoms with Gasteiger partial charge in [0, 0.05) is 29.9 Å². The van der Waals surface area contributed by atoms with E-state index in [9.17, 15) is 4.79 Å². The molecule has 3 rings (SSSR count). The largest absolute Gasteiger partial charge is 0.382 e. The number of carbonyl (C=O) groups excluding carboxylic acids is 1. The van der Waals surface area contributed by atoms with E-state index < -0.39 is 12.0 Å². The first-order valence-electron chi connectivity index (χ1n) is 6.27. The Kier molecular flexibility index (Phi) is 3.16. The van der Waals surface area contributed by atoms with Gasteiger partial charge in [0.15, 0.2) is 0 Å². The molecule has 1 atom stereocenters. The Morgan fingerprint density at radius 1 is 1.20 bits per heavy atom. The van der Waals surface area contributed by atoms with Gasteiger partial charge in [0.1, 0.15) is 0 Å². The van der Waals surface area contributed by atoms with E-state index in [1.165, 1.54) is 0 Å². The van der Waals surface area contributed by atoms with Gasteiger partial charge in [0.25, 0.3) is 5.91 Å². The number of hydrogen-bond acceptors (Lipinski definition) is 4. The topological polar surface area (TPSA) is 77.6 Å². The Labute approximate surface area is 116 Å². The maximum Gasteiger partial charge on any atom is 0.261 e. The van der Waals surface area contributed by atoms with Gasteiger partial charge in [-0.15, -0.1) is 0 Å². The van der Waals surface area contributed by atoms with Gasteiger partial charge in [-0.05, 0) is 17.7 Å². The number of nitrogens with zero attached hydrogens (tertiary/aromatic N) is 2. The summed E-state index contributed by atoms with van der Waals surface area (Å²) in [5.74, 6) is -0.493. The zero-order valence-corrected chi connectivity index (χ0v) is 10.7. The van der Waals surface area contributed by atoms with Gasteiger partial charge in [-0.1, -0.05) is 29.4 Å². The first kappa shape index (κ1) is 12.3. The number of rotatable bonds is 3. The van der Waals surface area contributed by atoms with Crippen LogP contribution in [0.3, 0.4) is 0 Å². The van der Waals surface area contributed by atoms with Crippen molar-refractivity contribution in [2.45, 2.75) is 12.5 Å². The van der Waals surface area contributed by atoms with Crippen molar-refractivity contribution >= 4 is 11.6 Å². The van der Waals surface area contributed by atoms with Crippen LogP contribution < -0.4 is 5.73 Å². The van der Waals surface area contributed by atoms with Crippen LogP contribution in [0.1, 0.15) is 12.0 Å². The van der Waals surface area contributed by atoms with E-state index in [4.69, 9.17) is 10.6 Å². The molecule has 1 aliphatic rings. The number of aromatic nitrogens is 1. The molecule has 1 aliphatic heterocycles. The monoisotopic (exact) mass is 267 g/mol. The molecule has 5 nitrogen and oxygen atoms in total. The lowest BCUT2D eigenvalue weighted by atomic mass is 10.00. The molecular weight excluding hydrogens is 254 g/mol. The maximum atomic E-state index is 11.1. The molecule has 0 aliphatic carbocycles. The standard InChI is InChI=1S/C15H13N3O2/c16-15(19)14-8-13(18-20-14)11-4-1-3-10(7-11)12-5-2-6-17-9-12/h1-7,9,14H,8H2,(H2,16,19). The molecule has 1 aromatic carbocycles. The molecule has 1 amide bonds. The fourth-order valence-electron chi connectivity index (χ4n) is 2.11. The summed E-state index contributed by atoms with van der Waals surface area (Å²) in [7, 11) is 0. The summed E-state index contributed by atoms with van der Waals surface area (Å²) in [4.78, 5) is 20.2. The highest BCUT2D eigenvalue weighted by molar-refractivity contribution is 6.04.